The van der Waals surface area contributed by atoms with Crippen molar-refractivity contribution in [3.63, 3.8) is 0 Å². The van der Waals surface area contributed by atoms with Gasteiger partial charge in [-0.05, 0) is 75.8 Å². The molecule has 1 N–H and O–H groups in total. The maximum absolute atomic E-state index is 4.98. The molecule has 0 bridgehead atoms. The summed E-state index contributed by atoms with van der Waals surface area (Å²) in [5.41, 5.74) is 8.44. The second kappa shape index (κ2) is 10.9. The van der Waals surface area contributed by atoms with Crippen LogP contribution in [0.4, 0.5) is 5.69 Å². The van der Waals surface area contributed by atoms with E-state index in [0.717, 1.165) is 37.4 Å². The van der Waals surface area contributed by atoms with E-state index in [2.05, 4.69) is 81.6 Å². The van der Waals surface area contributed by atoms with Crippen molar-refractivity contribution in [2.75, 3.05) is 31.5 Å². The van der Waals surface area contributed by atoms with E-state index in [9.17, 15) is 0 Å². The predicted molar refractivity (Wildman–Crippen MR) is 154 cm³/mol. The van der Waals surface area contributed by atoms with Crippen molar-refractivity contribution in [1.82, 2.24) is 24.6 Å². The molecular formula is C30H38N6S. The van der Waals surface area contributed by atoms with Gasteiger partial charge in [0.2, 0.25) is 0 Å². The number of piperidine rings is 1. The quantitative estimate of drug-likeness (QED) is 0.257. The van der Waals surface area contributed by atoms with E-state index in [0.29, 0.717) is 6.04 Å². The highest BCUT2D eigenvalue weighted by atomic mass is 32.1. The SMILES string of the molecule is CC(C)n1cc2c(n1)CN(Cc1ccc(-c3cc(NCCCN4CCCCC4)c4sccc4n3)cc1)C2. The highest BCUT2D eigenvalue weighted by Gasteiger charge is 2.23. The first-order valence-corrected chi connectivity index (χ1v) is 14.7. The van der Waals surface area contributed by atoms with Gasteiger partial charge in [-0.3, -0.25) is 9.58 Å². The molecule has 194 valence electrons. The van der Waals surface area contributed by atoms with Crippen molar-refractivity contribution >= 4 is 27.2 Å². The van der Waals surface area contributed by atoms with Gasteiger partial charge in [-0.25, -0.2) is 4.98 Å². The topological polar surface area (TPSA) is 49.2 Å². The van der Waals surface area contributed by atoms with Crippen LogP contribution >= 0.6 is 11.3 Å². The zero-order valence-electron chi connectivity index (χ0n) is 22.1. The Morgan fingerprint density at radius 1 is 1.00 bits per heavy atom. The third-order valence-corrected chi connectivity index (χ3v) is 8.61. The molecule has 2 aliphatic heterocycles. The summed E-state index contributed by atoms with van der Waals surface area (Å²) in [5.74, 6) is 0. The summed E-state index contributed by atoms with van der Waals surface area (Å²) in [4.78, 5) is 10.1. The average molecular weight is 515 g/mol. The number of anilines is 1. The van der Waals surface area contributed by atoms with Gasteiger partial charge in [-0.2, -0.15) is 5.10 Å². The molecule has 0 atom stereocenters. The van der Waals surface area contributed by atoms with Crippen molar-refractivity contribution in [3.8, 4) is 11.3 Å². The summed E-state index contributed by atoms with van der Waals surface area (Å²) in [7, 11) is 0. The van der Waals surface area contributed by atoms with Crippen LogP contribution in [0.15, 0.2) is 48.0 Å². The second-order valence-electron chi connectivity index (χ2n) is 10.9. The number of hydrogen-bond donors (Lipinski definition) is 1. The van der Waals surface area contributed by atoms with Crippen LogP contribution in [0.1, 0.15) is 62.4 Å². The Kier molecular flexibility index (Phi) is 7.27. The molecule has 0 spiro atoms. The predicted octanol–water partition coefficient (Wildman–Crippen LogP) is 6.54. The Balaban J connectivity index is 1.09. The van der Waals surface area contributed by atoms with Gasteiger partial charge in [0.1, 0.15) is 0 Å². The van der Waals surface area contributed by atoms with Crippen LogP contribution in [-0.4, -0.2) is 50.7 Å². The number of pyridine rings is 1. The number of likely N-dealkylation sites (tertiary alicyclic amines) is 1. The number of hydrogen-bond acceptors (Lipinski definition) is 6. The summed E-state index contributed by atoms with van der Waals surface area (Å²) in [6, 6.07) is 13.8. The minimum Gasteiger partial charge on any atom is -0.384 e. The van der Waals surface area contributed by atoms with Crippen molar-refractivity contribution in [2.24, 2.45) is 0 Å². The van der Waals surface area contributed by atoms with Crippen molar-refractivity contribution in [1.29, 1.82) is 0 Å². The fraction of sp³-hybridized carbons (Fsp3) is 0.467. The first-order chi connectivity index (χ1) is 18.1. The van der Waals surface area contributed by atoms with Gasteiger partial charge in [0, 0.05) is 49.5 Å². The van der Waals surface area contributed by atoms with Crippen LogP contribution in [0.2, 0.25) is 0 Å². The Bertz CT molecular complexity index is 1310. The number of aromatic nitrogens is 3. The molecule has 0 radical (unpaired) electrons. The third kappa shape index (κ3) is 5.59. The molecule has 4 aromatic rings. The lowest BCUT2D eigenvalue weighted by Crippen LogP contribution is -2.31. The van der Waals surface area contributed by atoms with Crippen molar-refractivity contribution in [2.45, 2.75) is 65.2 Å². The summed E-state index contributed by atoms with van der Waals surface area (Å²) < 4.78 is 3.34. The fourth-order valence-corrected chi connectivity index (χ4v) is 6.43. The summed E-state index contributed by atoms with van der Waals surface area (Å²) in [6.07, 6.45) is 7.51. The lowest BCUT2D eigenvalue weighted by atomic mass is 10.1. The van der Waals surface area contributed by atoms with E-state index in [-0.39, 0.29) is 0 Å². The van der Waals surface area contributed by atoms with Crippen LogP contribution in [0.3, 0.4) is 0 Å². The van der Waals surface area contributed by atoms with Crippen molar-refractivity contribution < 1.29 is 0 Å². The first-order valence-electron chi connectivity index (χ1n) is 13.9. The van der Waals surface area contributed by atoms with E-state index >= 15 is 0 Å². The Morgan fingerprint density at radius 3 is 2.62 bits per heavy atom. The van der Waals surface area contributed by atoms with Gasteiger partial charge in [0.15, 0.2) is 0 Å². The van der Waals surface area contributed by atoms with Gasteiger partial charge in [-0.15, -0.1) is 11.3 Å². The zero-order valence-corrected chi connectivity index (χ0v) is 22.9. The maximum Gasteiger partial charge on any atom is 0.0838 e. The molecule has 37 heavy (non-hydrogen) atoms. The highest BCUT2D eigenvalue weighted by Crippen LogP contribution is 2.32. The average Bonchev–Trinajstić information content (AvgIpc) is 3.63. The number of thiophene rings is 1. The molecule has 1 fully saturated rings. The van der Waals surface area contributed by atoms with Gasteiger partial charge in [0.05, 0.1) is 27.3 Å². The minimum atomic E-state index is 0.420. The smallest absolute Gasteiger partial charge is 0.0838 e. The molecule has 2 aliphatic rings. The largest absolute Gasteiger partial charge is 0.384 e. The number of benzene rings is 1. The van der Waals surface area contributed by atoms with Gasteiger partial charge in [-0.1, -0.05) is 30.7 Å². The molecule has 0 aliphatic carbocycles. The molecule has 3 aromatic heterocycles. The molecular weight excluding hydrogens is 476 g/mol. The van der Waals surface area contributed by atoms with Crippen LogP contribution in [-0.2, 0) is 19.6 Å². The Hall–Kier alpha value is -2.74. The van der Waals surface area contributed by atoms with Gasteiger partial charge in [0.25, 0.3) is 0 Å². The van der Waals surface area contributed by atoms with E-state index < -0.39 is 0 Å². The van der Waals surface area contributed by atoms with E-state index in [4.69, 9.17) is 10.1 Å². The normalized spacial score (nSPS) is 16.6. The summed E-state index contributed by atoms with van der Waals surface area (Å²) >= 11 is 1.77. The highest BCUT2D eigenvalue weighted by molar-refractivity contribution is 7.17. The first kappa shape index (κ1) is 24.6. The molecule has 6 nitrogen and oxygen atoms in total. The molecule has 5 heterocycles. The summed E-state index contributed by atoms with van der Waals surface area (Å²) in [5, 5.41) is 10.7. The van der Waals surface area contributed by atoms with E-state index in [1.807, 2.05) is 0 Å². The van der Waals surface area contributed by atoms with Gasteiger partial charge < -0.3 is 10.2 Å². The van der Waals surface area contributed by atoms with Gasteiger partial charge >= 0.3 is 0 Å². The number of nitrogens with zero attached hydrogens (tertiary/aromatic N) is 5. The minimum absolute atomic E-state index is 0.420. The number of nitrogens with one attached hydrogen (secondary N) is 1. The van der Waals surface area contributed by atoms with Crippen LogP contribution < -0.4 is 5.32 Å². The standard InChI is InChI=1S/C30H38N6S/c1-22(2)36-20-25-19-35(21-29(25)33-36)18-23-7-9-24(10-8-23)27-17-28(30-26(32-27)11-16-37-30)31-12-6-15-34-13-4-3-5-14-34/h7-11,16-17,20,22H,3-6,12-15,18-19,21H2,1-2H3,(H,31,32). The lowest BCUT2D eigenvalue weighted by Gasteiger charge is -2.26. The molecule has 0 unspecified atom stereocenters. The lowest BCUT2D eigenvalue weighted by molar-refractivity contribution is 0.228. The molecule has 1 aromatic carbocycles. The van der Waals surface area contributed by atoms with Crippen LogP contribution in [0.5, 0.6) is 0 Å². The Morgan fingerprint density at radius 2 is 1.84 bits per heavy atom. The molecule has 0 amide bonds. The molecule has 7 heteroatoms. The molecule has 0 saturated carbocycles. The van der Waals surface area contributed by atoms with Crippen molar-refractivity contribution in [3.05, 3.63) is 64.8 Å². The molecule has 1 saturated heterocycles. The van der Waals surface area contributed by atoms with E-state index in [1.165, 1.54) is 78.1 Å². The van der Waals surface area contributed by atoms with Crippen LogP contribution in [0.25, 0.3) is 21.5 Å². The zero-order chi connectivity index (χ0) is 25.2. The fourth-order valence-electron chi connectivity index (χ4n) is 5.60. The maximum atomic E-state index is 4.98. The Labute approximate surface area is 224 Å². The molecule has 6 rings (SSSR count). The number of fused-ring (bicyclic) bond motifs is 2. The second-order valence-corrected chi connectivity index (χ2v) is 11.8. The monoisotopic (exact) mass is 514 g/mol. The number of rotatable bonds is 9. The third-order valence-electron chi connectivity index (χ3n) is 7.67. The van der Waals surface area contributed by atoms with Crippen LogP contribution in [0, 0.1) is 0 Å². The van der Waals surface area contributed by atoms with E-state index in [1.54, 1.807) is 11.3 Å². The summed E-state index contributed by atoms with van der Waals surface area (Å²) in [6.45, 7) is 11.9.